The van der Waals surface area contributed by atoms with Gasteiger partial charge in [-0.15, -0.1) is 0 Å². The van der Waals surface area contributed by atoms with Crippen molar-refractivity contribution in [2.24, 2.45) is 0 Å². The normalized spacial score (nSPS) is 13.6. The summed E-state index contributed by atoms with van der Waals surface area (Å²) in [5.74, 6) is -0.624. The zero-order valence-electron chi connectivity index (χ0n) is 13.9. The molecule has 0 unspecified atom stereocenters. The highest BCUT2D eigenvalue weighted by molar-refractivity contribution is 7.89. The van der Waals surface area contributed by atoms with E-state index in [0.29, 0.717) is 0 Å². The van der Waals surface area contributed by atoms with Gasteiger partial charge in [-0.25, -0.2) is 17.5 Å². The third kappa shape index (κ3) is 3.60. The van der Waals surface area contributed by atoms with E-state index in [-0.39, 0.29) is 18.0 Å². The molecule has 0 atom stereocenters. The maximum atomic E-state index is 14.2. The summed E-state index contributed by atoms with van der Waals surface area (Å²) in [5, 5.41) is 3.23. The summed E-state index contributed by atoms with van der Waals surface area (Å²) in [6, 6.07) is 7.88. The molecule has 0 bridgehead atoms. The van der Waals surface area contributed by atoms with Gasteiger partial charge in [-0.2, -0.15) is 0 Å². The lowest BCUT2D eigenvalue weighted by atomic mass is 10.1. The van der Waals surface area contributed by atoms with E-state index in [9.17, 15) is 12.8 Å². The van der Waals surface area contributed by atoms with Crippen LogP contribution >= 0.6 is 0 Å². The van der Waals surface area contributed by atoms with E-state index >= 15 is 0 Å². The second-order valence-corrected chi connectivity index (χ2v) is 7.40. The van der Waals surface area contributed by atoms with Crippen LogP contribution in [0, 0.1) is 5.82 Å². The van der Waals surface area contributed by atoms with Crippen molar-refractivity contribution in [2.45, 2.75) is 24.5 Å². The average Bonchev–Trinajstić information content (AvgIpc) is 3.07. The summed E-state index contributed by atoms with van der Waals surface area (Å²) < 4.78 is 51.6. The Labute approximate surface area is 146 Å². The summed E-state index contributed by atoms with van der Waals surface area (Å²) in [5.41, 5.74) is 3.17. The molecule has 0 fully saturated rings. The third-order valence-electron chi connectivity index (χ3n) is 4.10. The van der Waals surface area contributed by atoms with Crippen molar-refractivity contribution in [3.05, 3.63) is 52.8 Å². The number of benzene rings is 2. The Kier molecular flexibility index (Phi) is 4.94. The van der Waals surface area contributed by atoms with Crippen LogP contribution in [0.15, 0.2) is 35.2 Å². The predicted molar refractivity (Wildman–Crippen MR) is 90.5 cm³/mol. The van der Waals surface area contributed by atoms with E-state index in [1.54, 1.807) is 0 Å². The lowest BCUT2D eigenvalue weighted by molar-refractivity contribution is 0.350. The van der Waals surface area contributed by atoms with Gasteiger partial charge in [-0.1, -0.05) is 18.2 Å². The van der Waals surface area contributed by atoms with Crippen molar-refractivity contribution in [1.29, 1.82) is 0 Å². The highest BCUT2D eigenvalue weighted by Crippen LogP contribution is 2.31. The fraction of sp³-hybridized carbons (Fsp3) is 0.294. The van der Waals surface area contributed by atoms with E-state index in [4.69, 9.17) is 9.47 Å². The van der Waals surface area contributed by atoms with E-state index in [2.05, 4.69) is 10.0 Å². The van der Waals surface area contributed by atoms with Gasteiger partial charge in [0, 0.05) is 31.8 Å². The van der Waals surface area contributed by atoms with Gasteiger partial charge < -0.3 is 14.8 Å². The molecule has 0 saturated carbocycles. The number of ether oxygens (including phenoxy) is 2. The molecule has 0 aliphatic carbocycles. The molecule has 2 aromatic carbocycles. The molecule has 2 N–H and O–H groups in total. The summed E-state index contributed by atoms with van der Waals surface area (Å²) in [6.07, 6.45) is 0. The molecule has 0 radical (unpaired) electrons. The standard InChI is InChI=1S/C17H19FN2O4S/c1-23-15-6-14(18)17(7-16(15)24-2)25(21,22)20-8-11-3-4-12-9-19-10-13(12)5-11/h3-7,19-20H,8-10H2,1-2H3. The van der Waals surface area contributed by atoms with Crippen LogP contribution in [0.1, 0.15) is 16.7 Å². The minimum absolute atomic E-state index is 0.0728. The average molecular weight is 366 g/mol. The molecule has 0 amide bonds. The van der Waals surface area contributed by atoms with E-state index in [1.807, 2.05) is 18.2 Å². The lowest BCUT2D eigenvalue weighted by Gasteiger charge is -2.12. The van der Waals surface area contributed by atoms with E-state index in [0.717, 1.165) is 36.3 Å². The Morgan fingerprint density at radius 3 is 2.48 bits per heavy atom. The number of hydrogen-bond donors (Lipinski definition) is 2. The molecule has 3 rings (SSSR count). The van der Waals surface area contributed by atoms with Crippen LogP contribution < -0.4 is 19.5 Å². The SMILES string of the molecule is COc1cc(F)c(S(=O)(=O)NCc2ccc3c(c2)CNC3)cc1OC. The molecule has 6 nitrogen and oxygen atoms in total. The minimum Gasteiger partial charge on any atom is -0.493 e. The highest BCUT2D eigenvalue weighted by atomic mass is 32.2. The van der Waals surface area contributed by atoms with Crippen molar-refractivity contribution in [1.82, 2.24) is 10.0 Å². The quantitative estimate of drug-likeness (QED) is 0.817. The van der Waals surface area contributed by atoms with Crippen LogP contribution in [0.2, 0.25) is 0 Å². The largest absolute Gasteiger partial charge is 0.493 e. The Balaban J connectivity index is 1.82. The zero-order chi connectivity index (χ0) is 18.0. The minimum atomic E-state index is -4.04. The summed E-state index contributed by atoms with van der Waals surface area (Å²) in [7, 11) is -1.32. The Morgan fingerprint density at radius 1 is 1.08 bits per heavy atom. The molecule has 25 heavy (non-hydrogen) atoms. The second-order valence-electron chi connectivity index (χ2n) is 5.67. The molecule has 0 spiro atoms. The maximum Gasteiger partial charge on any atom is 0.243 e. The van der Waals surface area contributed by atoms with Crippen molar-refractivity contribution < 1.29 is 22.3 Å². The first kappa shape index (κ1) is 17.7. The monoisotopic (exact) mass is 366 g/mol. The predicted octanol–water partition coefficient (Wildman–Crippen LogP) is 1.92. The fourth-order valence-electron chi connectivity index (χ4n) is 2.76. The van der Waals surface area contributed by atoms with E-state index in [1.165, 1.54) is 19.8 Å². The fourth-order valence-corrected chi connectivity index (χ4v) is 3.85. The number of halogens is 1. The van der Waals surface area contributed by atoms with Gasteiger partial charge in [0.25, 0.3) is 0 Å². The van der Waals surface area contributed by atoms with Gasteiger partial charge in [-0.05, 0) is 16.7 Å². The summed E-state index contributed by atoms with van der Waals surface area (Å²) >= 11 is 0. The molecule has 8 heteroatoms. The maximum absolute atomic E-state index is 14.2. The highest BCUT2D eigenvalue weighted by Gasteiger charge is 2.22. The first-order valence-corrected chi connectivity index (χ1v) is 9.15. The molecule has 1 aliphatic rings. The zero-order valence-corrected chi connectivity index (χ0v) is 14.7. The van der Waals surface area contributed by atoms with E-state index < -0.39 is 20.7 Å². The van der Waals surface area contributed by atoms with Crippen LogP contribution in [0.25, 0.3) is 0 Å². The third-order valence-corrected chi connectivity index (χ3v) is 5.51. The van der Waals surface area contributed by atoms with Gasteiger partial charge in [0.1, 0.15) is 10.7 Å². The number of sulfonamides is 1. The summed E-state index contributed by atoms with van der Waals surface area (Å²) in [6.45, 7) is 1.65. The number of hydrogen-bond acceptors (Lipinski definition) is 5. The first-order chi connectivity index (χ1) is 11.9. The first-order valence-electron chi connectivity index (χ1n) is 7.67. The number of fused-ring (bicyclic) bond motifs is 1. The van der Waals surface area contributed by atoms with Gasteiger partial charge in [-0.3, -0.25) is 0 Å². The smallest absolute Gasteiger partial charge is 0.243 e. The van der Waals surface area contributed by atoms with Crippen LogP contribution in [0.4, 0.5) is 4.39 Å². The number of methoxy groups -OCH3 is 2. The molecule has 1 heterocycles. The van der Waals surface area contributed by atoms with Crippen molar-refractivity contribution in [2.75, 3.05) is 14.2 Å². The van der Waals surface area contributed by atoms with Crippen LogP contribution in [0.3, 0.4) is 0 Å². The topological polar surface area (TPSA) is 76.7 Å². The van der Waals surface area contributed by atoms with Gasteiger partial charge in [0.15, 0.2) is 11.5 Å². The number of rotatable bonds is 6. The van der Waals surface area contributed by atoms with Gasteiger partial charge >= 0.3 is 0 Å². The molecular weight excluding hydrogens is 347 g/mol. The lowest BCUT2D eigenvalue weighted by Crippen LogP contribution is -2.24. The van der Waals surface area contributed by atoms with Crippen molar-refractivity contribution in [3.63, 3.8) is 0 Å². The molecule has 0 saturated heterocycles. The summed E-state index contributed by atoms with van der Waals surface area (Å²) in [4.78, 5) is -0.479. The molecule has 134 valence electrons. The van der Waals surface area contributed by atoms with Crippen molar-refractivity contribution in [3.8, 4) is 11.5 Å². The number of nitrogens with one attached hydrogen (secondary N) is 2. The van der Waals surface area contributed by atoms with Crippen molar-refractivity contribution >= 4 is 10.0 Å². The van der Waals surface area contributed by atoms with Crippen LogP contribution in [0.5, 0.6) is 11.5 Å². The van der Waals surface area contributed by atoms with Gasteiger partial charge in [0.2, 0.25) is 10.0 Å². The Bertz CT molecular complexity index is 900. The molecule has 0 aromatic heterocycles. The van der Waals surface area contributed by atoms with Crippen LogP contribution in [-0.4, -0.2) is 22.6 Å². The Morgan fingerprint density at radius 2 is 1.76 bits per heavy atom. The van der Waals surface area contributed by atoms with Gasteiger partial charge in [0.05, 0.1) is 14.2 Å². The molecular formula is C17H19FN2O4S. The second kappa shape index (κ2) is 6.99. The molecule has 1 aliphatic heterocycles. The molecule has 2 aromatic rings. The Hall–Kier alpha value is -2.16. The van der Waals surface area contributed by atoms with Crippen LogP contribution in [-0.2, 0) is 29.7 Å².